The van der Waals surface area contributed by atoms with Crippen molar-refractivity contribution in [3.63, 3.8) is 0 Å². The maximum absolute atomic E-state index is 12.5. The summed E-state index contributed by atoms with van der Waals surface area (Å²) in [6.45, 7) is 4.21. The Balaban J connectivity index is 3.59. The zero-order chi connectivity index (χ0) is 56.2. The first kappa shape index (κ1) is 74.5. The summed E-state index contributed by atoms with van der Waals surface area (Å²) in [5.41, 5.74) is 0. The van der Waals surface area contributed by atoms with E-state index in [1.54, 1.807) is 6.08 Å². The molecule has 0 fully saturated rings. The van der Waals surface area contributed by atoms with Crippen molar-refractivity contribution < 1.29 is 15.0 Å². The molecule has 0 rings (SSSR count). The number of carbonyl (C=O) groups excluding carboxylic acids is 1. The van der Waals surface area contributed by atoms with E-state index in [9.17, 15) is 15.0 Å². The maximum atomic E-state index is 12.5. The first-order valence-electron chi connectivity index (χ1n) is 33.4. The first-order valence-corrected chi connectivity index (χ1v) is 33.4. The fraction of sp³-hybridized carbons (Fsp3) is 0.689. The average molecular weight is 1080 g/mol. The smallest absolute Gasteiger partial charge is 0.220 e. The van der Waals surface area contributed by atoms with Crippen LogP contribution in [0, 0.1) is 0 Å². The van der Waals surface area contributed by atoms with Gasteiger partial charge in [0.2, 0.25) is 5.91 Å². The molecule has 446 valence electrons. The van der Waals surface area contributed by atoms with E-state index in [1.807, 2.05) is 6.08 Å². The summed E-state index contributed by atoms with van der Waals surface area (Å²) < 4.78 is 0. The van der Waals surface area contributed by atoms with E-state index in [1.165, 1.54) is 186 Å². The number of hydrogen-bond acceptors (Lipinski definition) is 3. The fourth-order valence-corrected chi connectivity index (χ4v) is 9.62. The third-order valence-electron chi connectivity index (χ3n) is 14.6. The van der Waals surface area contributed by atoms with Crippen LogP contribution in [0.4, 0.5) is 0 Å². The standard InChI is InChI=1S/C74H127NO3/c1-3-5-7-9-11-13-15-17-19-21-23-25-27-29-31-32-33-34-35-36-37-38-39-40-41-42-44-46-48-50-52-54-56-58-60-62-64-66-68-70-74(78)75-72(71-76)73(77)69-67-65-63-61-59-57-55-53-51-49-47-45-43-30-28-26-24-22-20-18-16-14-12-10-8-6-4-2/h5,7,11,13,17,19,23,25,29,31,33-34,36-37,39-40,42,44,48,50,67,69,72-73,76-77H,3-4,6,8-10,12,14-16,18,20-22,24,26-28,30,32,35,38,41,43,45-47,49,51-66,68,70-71H2,1-2H3,(H,75,78)/b7-5-,13-11-,19-17-,25-23-,31-29-,34-33-,37-36-,40-39-,44-42-,50-48-,69-67+. The Morgan fingerprint density at radius 1 is 0.321 bits per heavy atom. The molecule has 0 heterocycles. The van der Waals surface area contributed by atoms with E-state index in [0.29, 0.717) is 6.42 Å². The van der Waals surface area contributed by atoms with Crippen molar-refractivity contribution in [1.29, 1.82) is 0 Å². The molecule has 0 aliphatic heterocycles. The highest BCUT2D eigenvalue weighted by Gasteiger charge is 2.18. The van der Waals surface area contributed by atoms with Crippen molar-refractivity contribution in [3.8, 4) is 0 Å². The van der Waals surface area contributed by atoms with Crippen molar-refractivity contribution >= 4 is 5.91 Å². The van der Waals surface area contributed by atoms with Gasteiger partial charge in [-0.3, -0.25) is 4.79 Å². The summed E-state index contributed by atoms with van der Waals surface area (Å²) in [4.78, 5) is 12.5. The molecule has 4 heteroatoms. The molecule has 0 bridgehead atoms. The van der Waals surface area contributed by atoms with Crippen LogP contribution in [0.2, 0.25) is 0 Å². The molecule has 0 spiro atoms. The summed E-state index contributed by atoms with van der Waals surface area (Å²) in [6.07, 6.45) is 105. The van der Waals surface area contributed by atoms with E-state index < -0.39 is 12.1 Å². The molecule has 0 aromatic heterocycles. The monoisotopic (exact) mass is 1080 g/mol. The Labute approximate surface area is 485 Å². The number of unbranched alkanes of at least 4 members (excludes halogenated alkanes) is 33. The lowest BCUT2D eigenvalue weighted by atomic mass is 10.0. The second-order valence-electron chi connectivity index (χ2n) is 22.2. The normalized spacial score (nSPS) is 13.6. The van der Waals surface area contributed by atoms with Crippen LogP contribution in [-0.4, -0.2) is 34.9 Å². The van der Waals surface area contributed by atoms with Crippen LogP contribution in [0.5, 0.6) is 0 Å². The molecule has 4 nitrogen and oxygen atoms in total. The molecule has 0 aromatic carbocycles. The molecular formula is C74H127NO3. The molecule has 2 unspecified atom stereocenters. The second kappa shape index (κ2) is 67.8. The summed E-state index contributed by atoms with van der Waals surface area (Å²) in [5.74, 6) is -0.0746. The van der Waals surface area contributed by atoms with Gasteiger partial charge in [0.1, 0.15) is 0 Å². The minimum Gasteiger partial charge on any atom is -0.394 e. The number of amides is 1. The lowest BCUT2D eigenvalue weighted by Crippen LogP contribution is -2.45. The van der Waals surface area contributed by atoms with Gasteiger partial charge in [0, 0.05) is 6.42 Å². The second-order valence-corrected chi connectivity index (χ2v) is 22.2. The molecule has 0 saturated carbocycles. The topological polar surface area (TPSA) is 69.6 Å². The molecule has 0 saturated heterocycles. The Morgan fingerprint density at radius 3 is 0.846 bits per heavy atom. The number of aliphatic hydroxyl groups excluding tert-OH is 2. The maximum Gasteiger partial charge on any atom is 0.220 e. The van der Waals surface area contributed by atoms with E-state index in [2.05, 4.69) is 141 Å². The Hall–Kier alpha value is -3.47. The highest BCUT2D eigenvalue weighted by molar-refractivity contribution is 5.76. The number of carbonyl (C=O) groups is 1. The first-order chi connectivity index (χ1) is 38.7. The number of aliphatic hydroxyl groups is 2. The molecule has 0 aromatic rings. The van der Waals surface area contributed by atoms with Crippen molar-refractivity contribution in [2.75, 3.05) is 6.61 Å². The lowest BCUT2D eigenvalue weighted by Gasteiger charge is -2.20. The van der Waals surface area contributed by atoms with Crippen LogP contribution < -0.4 is 5.32 Å². The average Bonchev–Trinajstić information content (AvgIpc) is 3.44. The van der Waals surface area contributed by atoms with Gasteiger partial charge >= 0.3 is 0 Å². The predicted molar refractivity (Wildman–Crippen MR) is 349 cm³/mol. The highest BCUT2D eigenvalue weighted by Crippen LogP contribution is 2.17. The molecule has 0 aliphatic carbocycles. The number of hydrogen-bond donors (Lipinski definition) is 3. The van der Waals surface area contributed by atoms with E-state index in [-0.39, 0.29) is 12.5 Å². The zero-order valence-electron chi connectivity index (χ0n) is 51.4. The van der Waals surface area contributed by atoms with Crippen molar-refractivity contribution in [2.45, 2.75) is 321 Å². The largest absolute Gasteiger partial charge is 0.394 e. The molecular weight excluding hydrogens is 951 g/mol. The van der Waals surface area contributed by atoms with Gasteiger partial charge in [0.15, 0.2) is 0 Å². The van der Waals surface area contributed by atoms with Gasteiger partial charge in [0.25, 0.3) is 0 Å². The van der Waals surface area contributed by atoms with Crippen LogP contribution >= 0.6 is 0 Å². The number of nitrogens with one attached hydrogen (secondary N) is 1. The van der Waals surface area contributed by atoms with Crippen molar-refractivity contribution in [1.82, 2.24) is 5.32 Å². The molecule has 1 amide bonds. The van der Waals surface area contributed by atoms with Gasteiger partial charge in [0.05, 0.1) is 18.8 Å². The summed E-state index contributed by atoms with van der Waals surface area (Å²) in [5, 5.41) is 23.3. The van der Waals surface area contributed by atoms with Crippen LogP contribution in [0.15, 0.2) is 134 Å². The minimum absolute atomic E-state index is 0.0746. The quantitative estimate of drug-likeness (QED) is 0.0420. The van der Waals surface area contributed by atoms with Gasteiger partial charge in [-0.1, -0.05) is 340 Å². The van der Waals surface area contributed by atoms with E-state index in [0.717, 1.165) is 103 Å². The summed E-state index contributed by atoms with van der Waals surface area (Å²) in [6, 6.07) is -0.638. The molecule has 78 heavy (non-hydrogen) atoms. The third kappa shape index (κ3) is 63.4. The van der Waals surface area contributed by atoms with Crippen LogP contribution in [0.25, 0.3) is 0 Å². The number of allylic oxidation sites excluding steroid dienone is 21. The SMILES string of the molecule is CC/C=C\C/C=C\C/C=C\C/C=C\C/C=C\C/C=C\C/C=C\C/C=C\C/C=C\C/C=C\CCCCCCCCCCC(=O)NC(CO)C(O)/C=C/CCCCCCCCCCCCCCCCCCCCCCCCCCC. The molecule has 0 aliphatic rings. The van der Waals surface area contributed by atoms with Crippen molar-refractivity contribution in [2.24, 2.45) is 0 Å². The van der Waals surface area contributed by atoms with E-state index in [4.69, 9.17) is 0 Å². The minimum atomic E-state index is -0.853. The lowest BCUT2D eigenvalue weighted by molar-refractivity contribution is -0.123. The predicted octanol–water partition coefficient (Wildman–Crippen LogP) is 22.9. The van der Waals surface area contributed by atoms with Gasteiger partial charge < -0.3 is 15.5 Å². The Kier molecular flexibility index (Phi) is 64.8. The number of rotatable bonds is 60. The van der Waals surface area contributed by atoms with Gasteiger partial charge in [-0.25, -0.2) is 0 Å². The summed E-state index contributed by atoms with van der Waals surface area (Å²) in [7, 11) is 0. The third-order valence-corrected chi connectivity index (χ3v) is 14.6. The molecule has 2 atom stereocenters. The Morgan fingerprint density at radius 2 is 0.564 bits per heavy atom. The van der Waals surface area contributed by atoms with E-state index >= 15 is 0 Å². The Bertz CT molecular complexity index is 1550. The van der Waals surface area contributed by atoms with Gasteiger partial charge in [-0.2, -0.15) is 0 Å². The zero-order valence-corrected chi connectivity index (χ0v) is 51.4. The molecule has 3 N–H and O–H groups in total. The highest BCUT2D eigenvalue weighted by atomic mass is 16.3. The molecule has 0 radical (unpaired) electrons. The summed E-state index contributed by atoms with van der Waals surface area (Å²) >= 11 is 0. The fourth-order valence-electron chi connectivity index (χ4n) is 9.62. The van der Waals surface area contributed by atoms with Crippen LogP contribution in [0.1, 0.15) is 309 Å². The van der Waals surface area contributed by atoms with Crippen LogP contribution in [-0.2, 0) is 4.79 Å². The van der Waals surface area contributed by atoms with Gasteiger partial charge in [-0.05, 0) is 96.3 Å². The van der Waals surface area contributed by atoms with Crippen molar-refractivity contribution in [3.05, 3.63) is 134 Å². The van der Waals surface area contributed by atoms with Crippen LogP contribution in [0.3, 0.4) is 0 Å². The van der Waals surface area contributed by atoms with Gasteiger partial charge in [-0.15, -0.1) is 0 Å².